The molecule has 0 aliphatic heterocycles. The lowest BCUT2D eigenvalue weighted by Crippen LogP contribution is -2.21. The Morgan fingerprint density at radius 1 is 1.21 bits per heavy atom. The molecule has 0 aliphatic carbocycles. The number of rotatable bonds is 2. The maximum Gasteiger partial charge on any atom is 0.272 e. The van der Waals surface area contributed by atoms with Crippen molar-refractivity contribution in [2.24, 2.45) is 0 Å². The number of aryl methyl sites for hydroxylation is 2. The molecule has 4 heteroatoms. The molecule has 0 amide bonds. The van der Waals surface area contributed by atoms with Crippen LogP contribution in [0.15, 0.2) is 29.1 Å². The molecular formula is C15H16N2O2. The fourth-order valence-electron chi connectivity index (χ4n) is 2.06. The summed E-state index contributed by atoms with van der Waals surface area (Å²) in [5.74, 6) is -0.215. The van der Waals surface area contributed by atoms with Crippen LogP contribution < -0.4 is 11.3 Å². The van der Waals surface area contributed by atoms with Gasteiger partial charge >= 0.3 is 0 Å². The molecule has 2 aromatic rings. The molecule has 0 spiro atoms. The number of nitrogens with two attached hydrogens (primary N) is 1. The van der Waals surface area contributed by atoms with E-state index in [4.69, 9.17) is 5.73 Å². The first-order valence-electron chi connectivity index (χ1n) is 6.02. The molecule has 1 aromatic heterocycles. The van der Waals surface area contributed by atoms with Crippen LogP contribution in [0.5, 0.6) is 0 Å². The number of nitrogens with one attached hydrogen (secondary N) is 1. The second kappa shape index (κ2) is 4.72. The molecule has 0 unspecified atom stereocenters. The van der Waals surface area contributed by atoms with Crippen molar-refractivity contribution >= 4 is 11.5 Å². The van der Waals surface area contributed by atoms with E-state index >= 15 is 0 Å². The molecule has 0 aliphatic rings. The monoisotopic (exact) mass is 256 g/mol. The highest BCUT2D eigenvalue weighted by Crippen LogP contribution is 2.19. The predicted molar refractivity (Wildman–Crippen MR) is 75.6 cm³/mol. The van der Waals surface area contributed by atoms with Gasteiger partial charge in [0, 0.05) is 11.3 Å². The van der Waals surface area contributed by atoms with Crippen molar-refractivity contribution in [1.29, 1.82) is 0 Å². The van der Waals surface area contributed by atoms with Gasteiger partial charge in [0.05, 0.1) is 5.56 Å². The fraction of sp³-hybridized carbons (Fsp3) is 0.200. The smallest absolute Gasteiger partial charge is 0.272 e. The largest absolute Gasteiger partial charge is 0.394 e. The number of anilines is 1. The number of benzene rings is 1. The minimum absolute atomic E-state index is 0.0189. The maximum atomic E-state index is 12.5. The summed E-state index contributed by atoms with van der Waals surface area (Å²) in [5, 5.41) is 0. The van der Waals surface area contributed by atoms with Crippen LogP contribution in [0.25, 0.3) is 0 Å². The lowest BCUT2D eigenvalue weighted by atomic mass is 9.96. The van der Waals surface area contributed by atoms with Crippen LogP contribution in [0.4, 0.5) is 5.69 Å². The van der Waals surface area contributed by atoms with E-state index in [1.165, 1.54) is 0 Å². The zero-order valence-corrected chi connectivity index (χ0v) is 11.2. The van der Waals surface area contributed by atoms with Crippen LogP contribution in [0.3, 0.4) is 0 Å². The second-order valence-corrected chi connectivity index (χ2v) is 4.69. The number of nitrogen functional groups attached to an aromatic ring is 1. The lowest BCUT2D eigenvalue weighted by Gasteiger charge is -2.10. The summed E-state index contributed by atoms with van der Waals surface area (Å²) in [4.78, 5) is 26.8. The zero-order chi connectivity index (χ0) is 14.2. The summed E-state index contributed by atoms with van der Waals surface area (Å²) in [6.07, 6.45) is 0. The van der Waals surface area contributed by atoms with Crippen molar-refractivity contribution in [3.63, 3.8) is 0 Å². The third kappa shape index (κ3) is 2.29. The van der Waals surface area contributed by atoms with E-state index in [-0.39, 0.29) is 11.5 Å². The van der Waals surface area contributed by atoms with Gasteiger partial charge in [-0.05, 0) is 32.4 Å². The van der Waals surface area contributed by atoms with Gasteiger partial charge in [0.25, 0.3) is 5.56 Å². The second-order valence-electron chi connectivity index (χ2n) is 4.69. The fourth-order valence-corrected chi connectivity index (χ4v) is 2.06. The van der Waals surface area contributed by atoms with Gasteiger partial charge in [0.2, 0.25) is 0 Å². The van der Waals surface area contributed by atoms with Gasteiger partial charge in [-0.15, -0.1) is 0 Å². The van der Waals surface area contributed by atoms with E-state index in [0.29, 0.717) is 22.4 Å². The zero-order valence-electron chi connectivity index (χ0n) is 11.2. The highest BCUT2D eigenvalue weighted by atomic mass is 16.1. The number of pyridine rings is 1. The quantitative estimate of drug-likeness (QED) is 0.808. The molecule has 0 saturated heterocycles. The molecule has 4 nitrogen and oxygen atoms in total. The summed E-state index contributed by atoms with van der Waals surface area (Å²) >= 11 is 0. The van der Waals surface area contributed by atoms with Gasteiger partial charge in [0.15, 0.2) is 5.78 Å². The van der Waals surface area contributed by atoms with Crippen LogP contribution in [0.1, 0.15) is 32.7 Å². The van der Waals surface area contributed by atoms with E-state index in [0.717, 1.165) is 5.56 Å². The van der Waals surface area contributed by atoms with Crippen molar-refractivity contribution in [3.05, 3.63) is 62.6 Å². The summed E-state index contributed by atoms with van der Waals surface area (Å²) in [6.45, 7) is 5.45. The Bertz CT molecular complexity index is 715. The lowest BCUT2D eigenvalue weighted by molar-refractivity contribution is 0.103. The summed E-state index contributed by atoms with van der Waals surface area (Å²) < 4.78 is 0. The number of aromatic nitrogens is 1. The molecule has 3 N–H and O–H groups in total. The molecule has 0 radical (unpaired) electrons. The van der Waals surface area contributed by atoms with Crippen LogP contribution in [0, 0.1) is 20.8 Å². The SMILES string of the molecule is Cc1cccc(C(=O)c2c(C)c(C)[nH]c(=O)c2N)c1. The molecular weight excluding hydrogens is 240 g/mol. The number of aromatic amines is 1. The van der Waals surface area contributed by atoms with Crippen LogP contribution in [-0.4, -0.2) is 10.8 Å². The first-order valence-corrected chi connectivity index (χ1v) is 6.02. The average Bonchev–Trinajstić information content (AvgIpc) is 2.36. The van der Waals surface area contributed by atoms with E-state index in [2.05, 4.69) is 4.98 Å². The third-order valence-electron chi connectivity index (χ3n) is 3.26. The van der Waals surface area contributed by atoms with Crippen molar-refractivity contribution in [1.82, 2.24) is 4.98 Å². The van der Waals surface area contributed by atoms with E-state index in [9.17, 15) is 9.59 Å². The van der Waals surface area contributed by atoms with Crippen molar-refractivity contribution in [2.75, 3.05) is 5.73 Å². The molecule has 2 rings (SSSR count). The first-order chi connectivity index (χ1) is 8.91. The Balaban J connectivity index is 2.66. The van der Waals surface area contributed by atoms with Crippen molar-refractivity contribution in [2.45, 2.75) is 20.8 Å². The average molecular weight is 256 g/mol. The molecule has 1 heterocycles. The summed E-state index contributed by atoms with van der Waals surface area (Å²) in [7, 11) is 0. The van der Waals surface area contributed by atoms with Gasteiger partial charge in [-0.3, -0.25) is 9.59 Å². The van der Waals surface area contributed by atoms with Crippen LogP contribution in [-0.2, 0) is 0 Å². The molecule has 98 valence electrons. The van der Waals surface area contributed by atoms with Crippen LogP contribution >= 0.6 is 0 Å². The molecule has 0 fully saturated rings. The third-order valence-corrected chi connectivity index (χ3v) is 3.26. The Morgan fingerprint density at radius 3 is 2.53 bits per heavy atom. The van der Waals surface area contributed by atoms with Gasteiger partial charge in [0.1, 0.15) is 5.69 Å². The van der Waals surface area contributed by atoms with Gasteiger partial charge in [-0.2, -0.15) is 0 Å². The minimum Gasteiger partial charge on any atom is -0.394 e. The Kier molecular flexibility index (Phi) is 3.25. The predicted octanol–water partition coefficient (Wildman–Crippen LogP) is 2.11. The Hall–Kier alpha value is -2.36. The van der Waals surface area contributed by atoms with Crippen molar-refractivity contribution < 1.29 is 4.79 Å². The number of hydrogen-bond acceptors (Lipinski definition) is 3. The normalized spacial score (nSPS) is 10.5. The molecule has 19 heavy (non-hydrogen) atoms. The highest BCUT2D eigenvalue weighted by molar-refractivity contribution is 6.13. The van der Waals surface area contributed by atoms with Crippen molar-refractivity contribution in [3.8, 4) is 0 Å². The number of hydrogen-bond donors (Lipinski definition) is 2. The summed E-state index contributed by atoms with van der Waals surface area (Å²) in [5.41, 5.74) is 8.53. The molecule has 0 saturated carbocycles. The van der Waals surface area contributed by atoms with Crippen LogP contribution in [0.2, 0.25) is 0 Å². The Morgan fingerprint density at radius 2 is 1.89 bits per heavy atom. The molecule has 0 bridgehead atoms. The van der Waals surface area contributed by atoms with Gasteiger partial charge < -0.3 is 10.7 Å². The topological polar surface area (TPSA) is 76.0 Å². The Labute approximate surface area is 111 Å². The summed E-state index contributed by atoms with van der Waals surface area (Å²) in [6, 6.07) is 7.24. The maximum absolute atomic E-state index is 12.5. The number of carbonyl (C=O) groups is 1. The van der Waals surface area contributed by atoms with E-state index in [1.54, 1.807) is 26.0 Å². The van der Waals surface area contributed by atoms with E-state index < -0.39 is 5.56 Å². The minimum atomic E-state index is -0.417. The van der Waals surface area contributed by atoms with E-state index in [1.807, 2.05) is 19.1 Å². The molecule has 0 atom stereocenters. The number of ketones is 1. The first kappa shape index (κ1) is 13.1. The number of H-pyrrole nitrogens is 1. The highest BCUT2D eigenvalue weighted by Gasteiger charge is 2.19. The van der Waals surface area contributed by atoms with Gasteiger partial charge in [-0.25, -0.2) is 0 Å². The van der Waals surface area contributed by atoms with Gasteiger partial charge in [-0.1, -0.05) is 23.8 Å². The number of carbonyl (C=O) groups excluding carboxylic acids is 1. The molecule has 1 aromatic carbocycles. The standard InChI is InChI=1S/C15H16N2O2/c1-8-5-4-6-11(7-8)14(18)12-9(2)10(3)17-15(19)13(12)16/h4-7H,16H2,1-3H3,(H,17,19).